The summed E-state index contributed by atoms with van der Waals surface area (Å²) in [4.78, 5) is 13.7. The second-order valence-corrected chi connectivity index (χ2v) is 3.87. The summed E-state index contributed by atoms with van der Waals surface area (Å²) in [6, 6.07) is 1.57. The number of anilines is 1. The van der Waals surface area contributed by atoms with Crippen molar-refractivity contribution < 1.29 is 0 Å². The van der Waals surface area contributed by atoms with Gasteiger partial charge in [0, 0.05) is 25.5 Å². The molecule has 0 aliphatic rings. The molecule has 5 heteroatoms. The molecule has 1 aromatic heterocycles. The molecular weight excluding hydrogens is 226 g/mol. The van der Waals surface area contributed by atoms with Crippen molar-refractivity contribution in [3.63, 3.8) is 0 Å². The molecule has 0 spiro atoms. The SMILES string of the molecule is C=C(CCl)Cn1ncc(N(C)CC)cc1=O. The Hall–Kier alpha value is -1.29. The number of allylic oxidation sites excluding steroid dienone is 1. The molecular formula is C11H16ClN3O. The number of halogens is 1. The van der Waals surface area contributed by atoms with E-state index in [1.54, 1.807) is 12.3 Å². The van der Waals surface area contributed by atoms with E-state index >= 15 is 0 Å². The summed E-state index contributed by atoms with van der Waals surface area (Å²) in [5, 5.41) is 4.08. The fourth-order valence-electron chi connectivity index (χ4n) is 1.19. The minimum Gasteiger partial charge on any atom is -0.373 e. The molecule has 0 aliphatic carbocycles. The maximum absolute atomic E-state index is 11.7. The molecule has 0 saturated heterocycles. The van der Waals surface area contributed by atoms with Crippen LogP contribution in [0.4, 0.5) is 5.69 Å². The van der Waals surface area contributed by atoms with Crippen LogP contribution in [0.1, 0.15) is 6.92 Å². The van der Waals surface area contributed by atoms with Gasteiger partial charge in [-0.3, -0.25) is 4.79 Å². The van der Waals surface area contributed by atoms with E-state index in [2.05, 4.69) is 11.7 Å². The van der Waals surface area contributed by atoms with Crippen LogP contribution < -0.4 is 10.5 Å². The third-order valence-corrected chi connectivity index (χ3v) is 2.71. The minimum absolute atomic E-state index is 0.135. The highest BCUT2D eigenvalue weighted by Crippen LogP contribution is 2.06. The third kappa shape index (κ3) is 3.10. The van der Waals surface area contributed by atoms with E-state index in [4.69, 9.17) is 11.6 Å². The first-order valence-electron chi connectivity index (χ1n) is 5.09. The summed E-state index contributed by atoms with van der Waals surface area (Å²) in [6.07, 6.45) is 1.67. The predicted molar refractivity (Wildman–Crippen MR) is 67.3 cm³/mol. The number of hydrogen-bond donors (Lipinski definition) is 0. The van der Waals surface area contributed by atoms with Gasteiger partial charge in [-0.15, -0.1) is 11.6 Å². The van der Waals surface area contributed by atoms with Crippen LogP contribution in [-0.4, -0.2) is 29.3 Å². The van der Waals surface area contributed by atoms with E-state index < -0.39 is 0 Å². The Morgan fingerprint density at radius 1 is 1.69 bits per heavy atom. The maximum atomic E-state index is 11.7. The van der Waals surface area contributed by atoms with Crippen molar-refractivity contribution in [3.05, 3.63) is 34.8 Å². The van der Waals surface area contributed by atoms with Gasteiger partial charge < -0.3 is 4.90 Å². The molecule has 0 fully saturated rings. The van der Waals surface area contributed by atoms with Gasteiger partial charge in [0.25, 0.3) is 5.56 Å². The van der Waals surface area contributed by atoms with Crippen LogP contribution in [-0.2, 0) is 6.54 Å². The van der Waals surface area contributed by atoms with Crippen molar-refractivity contribution >= 4 is 17.3 Å². The van der Waals surface area contributed by atoms with Crippen LogP contribution >= 0.6 is 11.6 Å². The number of hydrogen-bond acceptors (Lipinski definition) is 3. The molecule has 0 aromatic carbocycles. The van der Waals surface area contributed by atoms with E-state index in [1.165, 1.54) is 4.68 Å². The quantitative estimate of drug-likeness (QED) is 0.579. The van der Waals surface area contributed by atoms with Crippen LogP contribution in [0.25, 0.3) is 0 Å². The van der Waals surface area contributed by atoms with Gasteiger partial charge in [0.2, 0.25) is 0 Å². The Morgan fingerprint density at radius 2 is 2.38 bits per heavy atom. The predicted octanol–water partition coefficient (Wildman–Crippen LogP) is 1.49. The van der Waals surface area contributed by atoms with Crippen LogP contribution in [0.15, 0.2) is 29.2 Å². The number of rotatable bonds is 5. The van der Waals surface area contributed by atoms with Crippen molar-refractivity contribution in [2.45, 2.75) is 13.5 Å². The van der Waals surface area contributed by atoms with Gasteiger partial charge in [0.15, 0.2) is 0 Å². The summed E-state index contributed by atoms with van der Waals surface area (Å²) < 4.78 is 1.36. The van der Waals surface area contributed by atoms with Gasteiger partial charge in [0.05, 0.1) is 18.4 Å². The van der Waals surface area contributed by atoms with Crippen LogP contribution in [0.3, 0.4) is 0 Å². The monoisotopic (exact) mass is 241 g/mol. The van der Waals surface area contributed by atoms with Gasteiger partial charge in [-0.25, -0.2) is 4.68 Å². The van der Waals surface area contributed by atoms with Crippen molar-refractivity contribution in [2.24, 2.45) is 0 Å². The van der Waals surface area contributed by atoms with E-state index in [0.29, 0.717) is 12.4 Å². The molecule has 0 bridgehead atoms. The Morgan fingerprint density at radius 3 is 2.88 bits per heavy atom. The Labute approximate surface area is 100 Å². The second-order valence-electron chi connectivity index (χ2n) is 3.61. The van der Waals surface area contributed by atoms with E-state index in [1.807, 2.05) is 18.9 Å². The zero-order valence-corrected chi connectivity index (χ0v) is 10.4. The van der Waals surface area contributed by atoms with Crippen molar-refractivity contribution in [2.75, 3.05) is 24.4 Å². The Kier molecular flexibility index (Phi) is 4.55. The smallest absolute Gasteiger partial charge is 0.269 e. The highest BCUT2D eigenvalue weighted by atomic mass is 35.5. The fourth-order valence-corrected chi connectivity index (χ4v) is 1.27. The molecule has 0 N–H and O–H groups in total. The minimum atomic E-state index is -0.135. The molecule has 1 aromatic rings. The average molecular weight is 242 g/mol. The van der Waals surface area contributed by atoms with Crippen molar-refractivity contribution in [1.82, 2.24) is 9.78 Å². The number of nitrogens with zero attached hydrogens (tertiary/aromatic N) is 3. The summed E-state index contributed by atoms with van der Waals surface area (Å²) in [5.74, 6) is 0.338. The van der Waals surface area contributed by atoms with E-state index in [9.17, 15) is 4.79 Å². The highest BCUT2D eigenvalue weighted by molar-refractivity contribution is 6.19. The lowest BCUT2D eigenvalue weighted by atomic mass is 10.3. The first kappa shape index (κ1) is 12.8. The summed E-state index contributed by atoms with van der Waals surface area (Å²) >= 11 is 5.61. The number of aromatic nitrogens is 2. The molecule has 88 valence electrons. The van der Waals surface area contributed by atoms with Gasteiger partial charge >= 0.3 is 0 Å². The summed E-state index contributed by atoms with van der Waals surface area (Å²) in [7, 11) is 1.92. The molecule has 0 unspecified atom stereocenters. The lowest BCUT2D eigenvalue weighted by molar-refractivity contribution is 0.632. The summed E-state index contributed by atoms with van der Waals surface area (Å²) in [6.45, 7) is 6.96. The van der Waals surface area contributed by atoms with Crippen LogP contribution in [0.2, 0.25) is 0 Å². The van der Waals surface area contributed by atoms with Gasteiger partial charge in [-0.05, 0) is 12.5 Å². The first-order chi connectivity index (χ1) is 7.58. The van der Waals surface area contributed by atoms with Gasteiger partial charge in [0.1, 0.15) is 0 Å². The third-order valence-electron chi connectivity index (χ3n) is 2.33. The Balaban J connectivity index is 2.92. The molecule has 0 amide bonds. The van der Waals surface area contributed by atoms with Gasteiger partial charge in [-0.1, -0.05) is 6.58 Å². The average Bonchev–Trinajstić information content (AvgIpc) is 2.30. The first-order valence-corrected chi connectivity index (χ1v) is 5.62. The molecule has 0 radical (unpaired) electrons. The largest absolute Gasteiger partial charge is 0.373 e. The number of alkyl halides is 1. The van der Waals surface area contributed by atoms with Crippen LogP contribution in [0.5, 0.6) is 0 Å². The second kappa shape index (κ2) is 5.70. The molecule has 0 saturated carbocycles. The highest BCUT2D eigenvalue weighted by Gasteiger charge is 2.03. The maximum Gasteiger partial charge on any atom is 0.269 e. The normalized spacial score (nSPS) is 10.2. The lowest BCUT2D eigenvalue weighted by Crippen LogP contribution is -2.26. The molecule has 1 rings (SSSR count). The fraction of sp³-hybridized carbons (Fsp3) is 0.455. The van der Waals surface area contributed by atoms with Gasteiger partial charge in [-0.2, -0.15) is 5.10 Å². The molecule has 1 heterocycles. The zero-order chi connectivity index (χ0) is 12.1. The van der Waals surface area contributed by atoms with E-state index in [0.717, 1.165) is 17.8 Å². The van der Waals surface area contributed by atoms with Crippen LogP contribution in [0, 0.1) is 0 Å². The van der Waals surface area contributed by atoms with Crippen molar-refractivity contribution in [3.8, 4) is 0 Å². The summed E-state index contributed by atoms with van der Waals surface area (Å²) in [5.41, 5.74) is 1.46. The zero-order valence-electron chi connectivity index (χ0n) is 9.61. The van der Waals surface area contributed by atoms with Crippen molar-refractivity contribution in [1.29, 1.82) is 0 Å². The molecule has 16 heavy (non-hydrogen) atoms. The Bertz CT molecular complexity index is 427. The van der Waals surface area contributed by atoms with E-state index in [-0.39, 0.29) is 5.56 Å². The lowest BCUT2D eigenvalue weighted by Gasteiger charge is -2.16. The standard InChI is InChI=1S/C11H16ClN3O/c1-4-14(3)10-5-11(16)15(13-7-10)8-9(2)6-12/h5,7H,2,4,6,8H2,1,3H3. The molecule has 0 atom stereocenters. The molecule has 4 nitrogen and oxygen atoms in total. The molecule has 0 aliphatic heterocycles. The topological polar surface area (TPSA) is 38.1 Å².